The average Bonchev–Trinajstić information content (AvgIpc) is 2.87. The molecule has 1 fully saturated rings. The first-order chi connectivity index (χ1) is 17.4. The molecule has 1 saturated heterocycles. The maximum atomic E-state index is 12.7. The molecule has 5 nitrogen and oxygen atoms in total. The van der Waals surface area contributed by atoms with Crippen molar-refractivity contribution in [1.82, 2.24) is 5.32 Å². The highest BCUT2D eigenvalue weighted by Crippen LogP contribution is 2.61. The van der Waals surface area contributed by atoms with E-state index in [0.29, 0.717) is 25.1 Å². The second-order valence-electron chi connectivity index (χ2n) is 9.47. The molecule has 3 N–H and O–H groups in total. The molecule has 194 valence electrons. The van der Waals surface area contributed by atoms with E-state index in [2.05, 4.69) is 30.5 Å². The van der Waals surface area contributed by atoms with Crippen LogP contribution in [0.2, 0.25) is 0 Å². The quantitative estimate of drug-likeness (QED) is 0.301. The van der Waals surface area contributed by atoms with Gasteiger partial charge in [0, 0.05) is 46.0 Å². The van der Waals surface area contributed by atoms with Crippen LogP contribution in [0.5, 0.6) is 0 Å². The van der Waals surface area contributed by atoms with Gasteiger partial charge < -0.3 is 15.7 Å². The average molecular weight is 545 g/mol. The van der Waals surface area contributed by atoms with Crippen LogP contribution < -0.4 is 10.6 Å². The van der Waals surface area contributed by atoms with Crippen LogP contribution in [0.25, 0.3) is 0 Å². The molecule has 0 saturated carbocycles. The molecule has 0 spiro atoms. The number of nitrogens with one attached hydrogen (secondary N) is 2. The topological polar surface area (TPSA) is 78.4 Å². The van der Waals surface area contributed by atoms with E-state index in [9.17, 15) is 14.7 Å². The maximum Gasteiger partial charge on any atom is 0.224 e. The smallest absolute Gasteiger partial charge is 0.224 e. The van der Waals surface area contributed by atoms with E-state index in [0.717, 1.165) is 58.1 Å². The van der Waals surface area contributed by atoms with Gasteiger partial charge in [-0.3, -0.25) is 9.59 Å². The van der Waals surface area contributed by atoms with Crippen LogP contribution in [0.15, 0.2) is 52.3 Å². The highest BCUT2D eigenvalue weighted by molar-refractivity contribution is 8.18. The lowest BCUT2D eigenvalue weighted by Crippen LogP contribution is -2.49. The molecule has 0 radical (unpaired) electrons. The minimum absolute atomic E-state index is 0.00386. The van der Waals surface area contributed by atoms with Crippen molar-refractivity contribution in [2.45, 2.75) is 78.3 Å². The van der Waals surface area contributed by atoms with Gasteiger partial charge in [-0.25, -0.2) is 0 Å². The molecule has 0 bridgehead atoms. The largest absolute Gasteiger partial charge is 0.378 e. The molecule has 0 aliphatic carbocycles. The molecule has 2 aromatic carbocycles. The zero-order valence-corrected chi connectivity index (χ0v) is 23.6. The summed E-state index contributed by atoms with van der Waals surface area (Å²) < 4.78 is -0.440. The summed E-state index contributed by atoms with van der Waals surface area (Å²) in [4.78, 5) is 26.7. The fourth-order valence-electron chi connectivity index (χ4n) is 4.75. The van der Waals surface area contributed by atoms with E-state index in [1.807, 2.05) is 59.9 Å². The number of carbonyl (C=O) groups excluding carboxylic acids is 2. The van der Waals surface area contributed by atoms with Crippen LogP contribution in [0.1, 0.15) is 69.9 Å². The molecular weight excluding hydrogens is 509 g/mol. The second kappa shape index (κ2) is 12.3. The fraction of sp³-hybridized carbons (Fsp3) is 0.500. The first-order valence-corrected chi connectivity index (χ1v) is 15.6. The summed E-state index contributed by atoms with van der Waals surface area (Å²) in [6, 6.07) is 14.0. The number of amides is 2. The summed E-state index contributed by atoms with van der Waals surface area (Å²) in [5.41, 5.74) is 1.27. The predicted molar refractivity (Wildman–Crippen MR) is 153 cm³/mol. The lowest BCUT2D eigenvalue weighted by atomic mass is 9.82. The van der Waals surface area contributed by atoms with Crippen molar-refractivity contribution in [2.24, 2.45) is 0 Å². The van der Waals surface area contributed by atoms with Gasteiger partial charge >= 0.3 is 0 Å². The minimum Gasteiger partial charge on any atom is -0.378 e. The third-order valence-electron chi connectivity index (χ3n) is 6.76. The molecule has 0 aromatic heterocycles. The standard InChI is InChI=1S/C28H36N2O3S3/c1-3-4-7-16-29-25(31)12-8-13-26(32)30-20-14-15-24-22(19-20)28(33,27(2)34-17-9-18-35-27)21-10-5-6-11-23(21)36-24/h5-6,10-11,14-15,19,33H,3-4,7-9,12-13,16-18H2,1-2H3,(H,29,31)(H,30,32). The fourth-order valence-corrected chi connectivity index (χ4v) is 9.15. The Kier molecular flexibility index (Phi) is 9.36. The lowest BCUT2D eigenvalue weighted by Gasteiger charge is -2.49. The van der Waals surface area contributed by atoms with Crippen molar-refractivity contribution in [2.75, 3.05) is 23.4 Å². The molecular formula is C28H36N2O3S3. The third-order valence-corrected chi connectivity index (χ3v) is 11.3. The number of hydrogen-bond acceptors (Lipinski definition) is 6. The lowest BCUT2D eigenvalue weighted by molar-refractivity contribution is -0.121. The molecule has 2 amide bonds. The van der Waals surface area contributed by atoms with Crippen LogP contribution in [-0.2, 0) is 15.2 Å². The number of aliphatic hydroxyl groups is 1. The molecule has 2 aliphatic rings. The molecule has 1 atom stereocenters. The Bertz CT molecular complexity index is 1090. The number of anilines is 1. The summed E-state index contributed by atoms with van der Waals surface area (Å²) in [6.07, 6.45) is 5.50. The van der Waals surface area contributed by atoms with Gasteiger partial charge in [-0.15, -0.1) is 23.5 Å². The van der Waals surface area contributed by atoms with Crippen molar-refractivity contribution in [1.29, 1.82) is 0 Å². The van der Waals surface area contributed by atoms with Gasteiger partial charge in [0.2, 0.25) is 11.8 Å². The van der Waals surface area contributed by atoms with E-state index >= 15 is 0 Å². The van der Waals surface area contributed by atoms with Gasteiger partial charge in [-0.2, -0.15) is 0 Å². The number of fused-ring (bicyclic) bond motifs is 2. The van der Waals surface area contributed by atoms with Gasteiger partial charge in [-0.05, 0) is 62.0 Å². The van der Waals surface area contributed by atoms with E-state index in [4.69, 9.17) is 0 Å². The van der Waals surface area contributed by atoms with Crippen molar-refractivity contribution in [3.8, 4) is 0 Å². The Balaban J connectivity index is 1.47. The monoisotopic (exact) mass is 544 g/mol. The Morgan fingerprint density at radius 2 is 1.67 bits per heavy atom. The number of benzene rings is 2. The van der Waals surface area contributed by atoms with Gasteiger partial charge in [0.1, 0.15) is 5.60 Å². The van der Waals surface area contributed by atoms with Crippen molar-refractivity contribution in [3.63, 3.8) is 0 Å². The van der Waals surface area contributed by atoms with Crippen LogP contribution in [0.4, 0.5) is 5.69 Å². The zero-order valence-electron chi connectivity index (χ0n) is 21.1. The Labute approximate surface area is 227 Å². The SMILES string of the molecule is CCCCCNC(=O)CCCC(=O)Nc1ccc2c(c1)C(O)(C1(C)SCCCS1)c1ccccc1S2. The second-order valence-corrected chi connectivity index (χ2v) is 13.8. The zero-order chi connectivity index (χ0) is 25.6. The van der Waals surface area contributed by atoms with Crippen molar-refractivity contribution >= 4 is 52.8 Å². The van der Waals surface area contributed by atoms with E-state index < -0.39 is 9.68 Å². The number of carbonyl (C=O) groups is 2. The highest BCUT2D eigenvalue weighted by atomic mass is 32.2. The summed E-state index contributed by atoms with van der Waals surface area (Å²) >= 11 is 5.30. The Morgan fingerprint density at radius 3 is 2.44 bits per heavy atom. The molecule has 36 heavy (non-hydrogen) atoms. The number of rotatable bonds is 10. The van der Waals surface area contributed by atoms with E-state index in [1.165, 1.54) is 0 Å². The van der Waals surface area contributed by atoms with Gasteiger partial charge in [0.05, 0.1) is 4.08 Å². The van der Waals surface area contributed by atoms with Gasteiger partial charge in [0.25, 0.3) is 0 Å². The maximum absolute atomic E-state index is 12.7. The molecule has 8 heteroatoms. The minimum atomic E-state index is -1.18. The number of hydrogen-bond donors (Lipinski definition) is 3. The summed E-state index contributed by atoms with van der Waals surface area (Å²) in [5.74, 6) is 1.91. The van der Waals surface area contributed by atoms with Crippen LogP contribution in [-0.4, -0.2) is 39.1 Å². The van der Waals surface area contributed by atoms with Gasteiger partial charge in [-0.1, -0.05) is 49.7 Å². The van der Waals surface area contributed by atoms with Crippen LogP contribution in [0, 0.1) is 0 Å². The summed E-state index contributed by atoms with van der Waals surface area (Å²) in [5, 5.41) is 18.4. The first-order valence-electron chi connectivity index (χ1n) is 12.9. The Morgan fingerprint density at radius 1 is 0.944 bits per heavy atom. The Hall–Kier alpha value is -1.61. The molecule has 4 rings (SSSR count). The van der Waals surface area contributed by atoms with Gasteiger partial charge in [0.15, 0.2) is 0 Å². The molecule has 2 heterocycles. The van der Waals surface area contributed by atoms with Crippen LogP contribution in [0.3, 0.4) is 0 Å². The van der Waals surface area contributed by atoms with E-state index in [-0.39, 0.29) is 18.2 Å². The predicted octanol–water partition coefficient (Wildman–Crippen LogP) is 6.39. The molecule has 2 aliphatic heterocycles. The van der Waals surface area contributed by atoms with Crippen molar-refractivity contribution in [3.05, 3.63) is 53.6 Å². The third kappa shape index (κ3) is 5.93. The normalized spacial score (nSPS) is 20.2. The summed E-state index contributed by atoms with van der Waals surface area (Å²) in [7, 11) is 0. The molecule has 1 unspecified atom stereocenters. The highest BCUT2D eigenvalue weighted by Gasteiger charge is 2.54. The van der Waals surface area contributed by atoms with E-state index in [1.54, 1.807) is 11.8 Å². The first kappa shape index (κ1) is 27.4. The van der Waals surface area contributed by atoms with Crippen molar-refractivity contribution < 1.29 is 14.7 Å². The van der Waals surface area contributed by atoms with Crippen LogP contribution >= 0.6 is 35.3 Å². The number of thioether (sulfide) groups is 2. The summed E-state index contributed by atoms with van der Waals surface area (Å²) in [6.45, 7) is 4.99. The molecule has 2 aromatic rings. The number of unbranched alkanes of at least 4 members (excludes halogenated alkanes) is 2.